The zero-order chi connectivity index (χ0) is 25.5. The molecule has 0 spiro atoms. The first kappa shape index (κ1) is 24.2. The van der Waals surface area contributed by atoms with E-state index in [0.29, 0.717) is 24.5 Å². The van der Waals surface area contributed by atoms with Crippen molar-refractivity contribution in [3.8, 4) is 5.75 Å². The summed E-state index contributed by atoms with van der Waals surface area (Å²) in [7, 11) is 0. The monoisotopic (exact) mass is 503 g/mol. The second-order valence-electron chi connectivity index (χ2n) is 10.9. The van der Waals surface area contributed by atoms with Crippen molar-refractivity contribution in [3.05, 3.63) is 53.7 Å². The molecule has 196 valence electrons. The summed E-state index contributed by atoms with van der Waals surface area (Å²) in [5, 5.41) is 3.62. The highest BCUT2D eigenvalue weighted by molar-refractivity contribution is 5.87. The number of anilines is 3. The van der Waals surface area contributed by atoms with Crippen molar-refractivity contribution in [1.29, 1.82) is 0 Å². The number of pyridine rings is 1. The third-order valence-electron chi connectivity index (χ3n) is 8.49. The van der Waals surface area contributed by atoms with Gasteiger partial charge in [0.05, 0.1) is 24.5 Å². The SMILES string of the molecule is C=CC(=O)N1CCC(N2CC(c3cc(C)c4c(c3)Nc3nccc(N5CCOCC5)c3CO4)C2)C(C)C1. The van der Waals surface area contributed by atoms with Gasteiger partial charge in [-0.25, -0.2) is 4.98 Å². The molecule has 0 radical (unpaired) electrons. The van der Waals surface area contributed by atoms with E-state index in [1.807, 2.05) is 11.1 Å². The van der Waals surface area contributed by atoms with Gasteiger partial charge in [-0.1, -0.05) is 19.6 Å². The fraction of sp³-hybridized carbons (Fsp3) is 0.517. The van der Waals surface area contributed by atoms with E-state index in [0.717, 1.165) is 87.3 Å². The summed E-state index contributed by atoms with van der Waals surface area (Å²) in [6.07, 6.45) is 4.35. The zero-order valence-corrected chi connectivity index (χ0v) is 21.9. The number of nitrogens with zero attached hydrogens (tertiary/aromatic N) is 4. The largest absolute Gasteiger partial charge is 0.486 e. The second kappa shape index (κ2) is 9.99. The number of nitrogens with one attached hydrogen (secondary N) is 1. The maximum absolute atomic E-state index is 12.0. The van der Waals surface area contributed by atoms with Gasteiger partial charge in [0.15, 0.2) is 0 Å². The third-order valence-corrected chi connectivity index (χ3v) is 8.49. The van der Waals surface area contributed by atoms with E-state index in [-0.39, 0.29) is 5.91 Å². The molecule has 3 fully saturated rings. The van der Waals surface area contributed by atoms with Crippen molar-refractivity contribution in [2.75, 3.05) is 62.7 Å². The molecule has 1 aromatic carbocycles. The Morgan fingerprint density at radius 3 is 2.76 bits per heavy atom. The Morgan fingerprint density at radius 2 is 2.00 bits per heavy atom. The van der Waals surface area contributed by atoms with Crippen LogP contribution in [0.3, 0.4) is 0 Å². The molecule has 8 heteroatoms. The summed E-state index contributed by atoms with van der Waals surface area (Å²) in [6.45, 7) is 15.5. The van der Waals surface area contributed by atoms with Gasteiger partial charge >= 0.3 is 0 Å². The minimum atomic E-state index is 0.0510. The summed E-state index contributed by atoms with van der Waals surface area (Å²) >= 11 is 0. The fourth-order valence-electron chi connectivity index (χ4n) is 6.43. The van der Waals surface area contributed by atoms with Crippen LogP contribution in [0, 0.1) is 12.8 Å². The van der Waals surface area contributed by atoms with E-state index >= 15 is 0 Å². The summed E-state index contributed by atoms with van der Waals surface area (Å²) in [5.41, 5.74) is 5.79. The molecule has 2 atom stereocenters. The summed E-state index contributed by atoms with van der Waals surface area (Å²) in [6, 6.07) is 7.18. The van der Waals surface area contributed by atoms with E-state index in [4.69, 9.17) is 9.47 Å². The first-order chi connectivity index (χ1) is 18.0. The molecule has 1 N–H and O–H groups in total. The smallest absolute Gasteiger partial charge is 0.245 e. The Balaban J connectivity index is 1.16. The van der Waals surface area contributed by atoms with Crippen LogP contribution in [-0.4, -0.2) is 79.2 Å². The Labute approximate surface area is 219 Å². The van der Waals surface area contributed by atoms with Gasteiger partial charge in [0.2, 0.25) is 5.91 Å². The second-order valence-corrected chi connectivity index (χ2v) is 10.9. The number of morpholine rings is 1. The van der Waals surface area contributed by atoms with Gasteiger partial charge in [-0.05, 0) is 48.6 Å². The lowest BCUT2D eigenvalue weighted by molar-refractivity contribution is -0.129. The van der Waals surface area contributed by atoms with E-state index in [1.165, 1.54) is 17.3 Å². The first-order valence-corrected chi connectivity index (χ1v) is 13.5. The van der Waals surface area contributed by atoms with Crippen LogP contribution in [0.25, 0.3) is 0 Å². The predicted molar refractivity (Wildman–Crippen MR) is 145 cm³/mol. The molecule has 5 heterocycles. The number of aromatic nitrogens is 1. The van der Waals surface area contributed by atoms with Crippen LogP contribution < -0.4 is 15.0 Å². The van der Waals surface area contributed by atoms with Crippen LogP contribution in [0.15, 0.2) is 37.1 Å². The molecule has 0 bridgehead atoms. The van der Waals surface area contributed by atoms with Gasteiger partial charge in [-0.3, -0.25) is 9.69 Å². The Morgan fingerprint density at radius 1 is 1.19 bits per heavy atom. The zero-order valence-electron chi connectivity index (χ0n) is 21.9. The molecule has 4 aliphatic heterocycles. The standard InChI is InChI=1S/C29H37N5O3/c1-4-27(35)33-8-6-25(20(3)15-33)34-16-22(17-34)21-13-19(2)28-24(14-21)31-29-23(18-37-28)26(5-7-30-29)32-9-11-36-12-10-32/h4-5,7,13-14,20,22,25H,1,6,8-12,15-18H2,2-3H3,(H,30,31). The fourth-order valence-corrected chi connectivity index (χ4v) is 6.43. The average Bonchev–Trinajstić information content (AvgIpc) is 3.08. The Hall–Kier alpha value is -3.10. The topological polar surface area (TPSA) is 70.2 Å². The summed E-state index contributed by atoms with van der Waals surface area (Å²) < 4.78 is 11.9. The maximum atomic E-state index is 12.0. The average molecular weight is 504 g/mol. The Bertz CT molecular complexity index is 1190. The molecule has 3 saturated heterocycles. The van der Waals surface area contributed by atoms with Gasteiger partial charge in [0.1, 0.15) is 18.2 Å². The molecule has 0 saturated carbocycles. The highest BCUT2D eigenvalue weighted by Crippen LogP contribution is 2.42. The van der Waals surface area contributed by atoms with Gasteiger partial charge in [0, 0.05) is 63.1 Å². The van der Waals surface area contributed by atoms with E-state index in [9.17, 15) is 4.79 Å². The van der Waals surface area contributed by atoms with Crippen LogP contribution in [0.2, 0.25) is 0 Å². The lowest BCUT2D eigenvalue weighted by atomic mass is 9.84. The van der Waals surface area contributed by atoms with Crippen molar-refractivity contribution in [2.24, 2.45) is 5.92 Å². The molecule has 37 heavy (non-hydrogen) atoms. The van der Waals surface area contributed by atoms with Crippen LogP contribution in [-0.2, 0) is 16.1 Å². The molecular weight excluding hydrogens is 466 g/mol. The van der Waals surface area contributed by atoms with Crippen LogP contribution in [0.4, 0.5) is 17.2 Å². The Kier molecular flexibility index (Phi) is 6.55. The molecule has 1 amide bonds. The van der Waals surface area contributed by atoms with Gasteiger partial charge in [0.25, 0.3) is 0 Å². The van der Waals surface area contributed by atoms with Gasteiger partial charge in [-0.2, -0.15) is 0 Å². The number of rotatable bonds is 4. The number of likely N-dealkylation sites (tertiary alicyclic amines) is 2. The molecule has 6 rings (SSSR count). The molecular formula is C29H37N5O3. The summed E-state index contributed by atoms with van der Waals surface area (Å²) in [5.74, 6) is 2.81. The van der Waals surface area contributed by atoms with Crippen LogP contribution in [0.1, 0.15) is 36.0 Å². The van der Waals surface area contributed by atoms with Gasteiger partial charge < -0.3 is 24.6 Å². The summed E-state index contributed by atoms with van der Waals surface area (Å²) in [4.78, 5) is 23.6. The molecule has 2 aromatic rings. The molecule has 2 unspecified atom stereocenters. The molecule has 0 aliphatic carbocycles. The number of piperidine rings is 1. The van der Waals surface area contributed by atoms with Crippen LogP contribution >= 0.6 is 0 Å². The lowest BCUT2D eigenvalue weighted by Crippen LogP contribution is -2.58. The minimum Gasteiger partial charge on any atom is -0.486 e. The van der Waals surface area contributed by atoms with Crippen molar-refractivity contribution >= 4 is 23.1 Å². The highest BCUT2D eigenvalue weighted by Gasteiger charge is 2.39. The number of aryl methyl sites for hydroxylation is 1. The van der Waals surface area contributed by atoms with Crippen molar-refractivity contribution in [1.82, 2.24) is 14.8 Å². The molecule has 8 nitrogen and oxygen atoms in total. The van der Waals surface area contributed by atoms with Gasteiger partial charge in [-0.15, -0.1) is 0 Å². The first-order valence-electron chi connectivity index (χ1n) is 13.5. The predicted octanol–water partition coefficient (Wildman–Crippen LogP) is 3.68. The number of benzene rings is 1. The van der Waals surface area contributed by atoms with Crippen LogP contribution in [0.5, 0.6) is 5.75 Å². The number of fused-ring (bicyclic) bond motifs is 2. The van der Waals surface area contributed by atoms with E-state index in [2.05, 4.69) is 58.7 Å². The number of ether oxygens (including phenoxy) is 2. The number of carbonyl (C=O) groups is 1. The van der Waals surface area contributed by atoms with Crippen molar-refractivity contribution < 1.29 is 14.3 Å². The van der Waals surface area contributed by atoms with E-state index in [1.54, 1.807) is 0 Å². The number of amides is 1. The lowest BCUT2D eigenvalue weighted by Gasteiger charge is -2.50. The van der Waals surface area contributed by atoms with E-state index < -0.39 is 0 Å². The molecule has 1 aromatic heterocycles. The minimum absolute atomic E-state index is 0.0510. The van der Waals surface area contributed by atoms with Crippen molar-refractivity contribution in [3.63, 3.8) is 0 Å². The number of carbonyl (C=O) groups excluding carboxylic acids is 1. The highest BCUT2D eigenvalue weighted by atomic mass is 16.5. The maximum Gasteiger partial charge on any atom is 0.245 e. The number of hydrogen-bond acceptors (Lipinski definition) is 7. The normalized spacial score (nSPS) is 24.2. The molecule has 4 aliphatic rings. The quantitative estimate of drug-likeness (QED) is 0.639. The van der Waals surface area contributed by atoms with Crippen molar-refractivity contribution in [2.45, 2.75) is 38.8 Å². The number of hydrogen-bond donors (Lipinski definition) is 1. The third kappa shape index (κ3) is 4.57.